The lowest BCUT2D eigenvalue weighted by Gasteiger charge is -2.19. The lowest BCUT2D eigenvalue weighted by molar-refractivity contribution is -0.132. The molecule has 24 heavy (non-hydrogen) atoms. The molecule has 0 aliphatic heterocycles. The molecule has 3 atom stereocenters. The lowest BCUT2D eigenvalue weighted by atomic mass is 10.0. The summed E-state index contributed by atoms with van der Waals surface area (Å²) in [5.74, 6) is 0.234. The largest absolute Gasteiger partial charge is 0.478 e. The van der Waals surface area contributed by atoms with Gasteiger partial charge in [0.25, 0.3) is 0 Å². The summed E-state index contributed by atoms with van der Waals surface area (Å²) in [6, 6.07) is 15.1. The Morgan fingerprint density at radius 3 is 2.54 bits per heavy atom. The fourth-order valence-corrected chi connectivity index (χ4v) is 4.05. The van der Waals surface area contributed by atoms with E-state index in [4.69, 9.17) is 5.11 Å². The third kappa shape index (κ3) is 2.39. The Balaban J connectivity index is 1.42. The highest BCUT2D eigenvalue weighted by molar-refractivity contribution is 5.87. The van der Waals surface area contributed by atoms with E-state index in [-0.39, 0.29) is 17.4 Å². The van der Waals surface area contributed by atoms with Crippen LogP contribution in [0.15, 0.2) is 48.5 Å². The number of benzene rings is 2. The molecule has 3 unspecified atom stereocenters. The van der Waals surface area contributed by atoms with Crippen LogP contribution in [-0.4, -0.2) is 28.9 Å². The average molecular weight is 321 g/mol. The fraction of sp³-hybridized carbons (Fsp3) is 0.300. The number of carboxylic acids is 1. The highest BCUT2D eigenvalue weighted by atomic mass is 16.4. The van der Waals surface area contributed by atoms with Crippen LogP contribution in [0.25, 0.3) is 0 Å². The predicted molar refractivity (Wildman–Crippen MR) is 89.7 cm³/mol. The van der Waals surface area contributed by atoms with Crippen LogP contribution in [0.5, 0.6) is 0 Å². The molecule has 0 aromatic heterocycles. The van der Waals surface area contributed by atoms with E-state index < -0.39 is 5.97 Å². The van der Waals surface area contributed by atoms with Crippen molar-refractivity contribution in [1.82, 2.24) is 4.90 Å². The van der Waals surface area contributed by atoms with Crippen molar-refractivity contribution >= 4 is 11.9 Å². The van der Waals surface area contributed by atoms with Crippen molar-refractivity contribution in [2.24, 2.45) is 11.8 Å². The van der Waals surface area contributed by atoms with Crippen molar-refractivity contribution in [2.75, 3.05) is 7.05 Å². The maximum atomic E-state index is 12.7. The molecule has 2 aliphatic rings. The summed E-state index contributed by atoms with van der Waals surface area (Å²) in [5.41, 5.74) is 3.95. The van der Waals surface area contributed by atoms with Gasteiger partial charge in [-0.3, -0.25) is 4.79 Å². The molecular weight excluding hydrogens is 302 g/mol. The molecular formula is C20H19NO3. The van der Waals surface area contributed by atoms with Gasteiger partial charge in [-0.25, -0.2) is 4.79 Å². The number of carbonyl (C=O) groups is 2. The molecule has 122 valence electrons. The van der Waals surface area contributed by atoms with Gasteiger partial charge in [0.05, 0.1) is 5.56 Å². The van der Waals surface area contributed by atoms with Gasteiger partial charge in [-0.05, 0) is 47.1 Å². The molecule has 0 heterocycles. The van der Waals surface area contributed by atoms with Gasteiger partial charge in [0.15, 0.2) is 0 Å². The van der Waals surface area contributed by atoms with Crippen LogP contribution >= 0.6 is 0 Å². The van der Waals surface area contributed by atoms with E-state index >= 15 is 0 Å². The zero-order valence-electron chi connectivity index (χ0n) is 13.5. The van der Waals surface area contributed by atoms with Crippen LogP contribution in [0.3, 0.4) is 0 Å². The second kappa shape index (κ2) is 5.48. The zero-order valence-corrected chi connectivity index (χ0v) is 13.5. The molecule has 1 N–H and O–H groups in total. The van der Waals surface area contributed by atoms with Gasteiger partial charge < -0.3 is 10.0 Å². The van der Waals surface area contributed by atoms with Crippen LogP contribution in [0.4, 0.5) is 0 Å². The highest BCUT2D eigenvalue weighted by Crippen LogP contribution is 2.61. The maximum absolute atomic E-state index is 12.7. The topological polar surface area (TPSA) is 57.6 Å². The number of amides is 1. The molecule has 0 saturated heterocycles. The van der Waals surface area contributed by atoms with Crippen molar-refractivity contribution in [3.05, 3.63) is 70.8 Å². The second-order valence-corrected chi connectivity index (χ2v) is 6.81. The minimum Gasteiger partial charge on any atom is -0.478 e. The van der Waals surface area contributed by atoms with Gasteiger partial charge in [0, 0.05) is 19.5 Å². The average Bonchev–Trinajstić information content (AvgIpc) is 3.16. The smallest absolute Gasteiger partial charge is 0.335 e. The molecule has 2 aliphatic carbocycles. The fourth-order valence-electron chi connectivity index (χ4n) is 4.05. The summed E-state index contributed by atoms with van der Waals surface area (Å²) in [7, 11) is 1.83. The van der Waals surface area contributed by atoms with Crippen LogP contribution in [0.2, 0.25) is 0 Å². The van der Waals surface area contributed by atoms with Gasteiger partial charge in [0.1, 0.15) is 0 Å². The van der Waals surface area contributed by atoms with Crippen molar-refractivity contribution < 1.29 is 14.7 Å². The second-order valence-electron chi connectivity index (χ2n) is 6.81. The molecule has 1 saturated carbocycles. The van der Waals surface area contributed by atoms with E-state index in [0.717, 1.165) is 12.0 Å². The Morgan fingerprint density at radius 1 is 1.12 bits per heavy atom. The SMILES string of the molecule is CN(Cc1ccc(C(=O)O)cc1)C(=O)C1C2Cc3ccccc3C21. The first-order valence-corrected chi connectivity index (χ1v) is 8.21. The number of hydrogen-bond acceptors (Lipinski definition) is 2. The first kappa shape index (κ1) is 14.9. The van der Waals surface area contributed by atoms with E-state index in [1.165, 1.54) is 11.1 Å². The van der Waals surface area contributed by atoms with Gasteiger partial charge >= 0.3 is 5.97 Å². The van der Waals surface area contributed by atoms with Crippen molar-refractivity contribution in [3.63, 3.8) is 0 Å². The van der Waals surface area contributed by atoms with Crippen LogP contribution in [0.1, 0.15) is 33.0 Å². The molecule has 4 heteroatoms. The molecule has 2 aromatic rings. The number of carboxylic acid groups (broad SMARTS) is 1. The van der Waals surface area contributed by atoms with Crippen LogP contribution < -0.4 is 0 Å². The van der Waals surface area contributed by atoms with Crippen LogP contribution in [0, 0.1) is 11.8 Å². The summed E-state index contributed by atoms with van der Waals surface area (Å²) in [6.45, 7) is 0.510. The Morgan fingerprint density at radius 2 is 1.83 bits per heavy atom. The number of carbonyl (C=O) groups excluding carboxylic acids is 1. The lowest BCUT2D eigenvalue weighted by Crippen LogP contribution is -2.29. The molecule has 4 nitrogen and oxygen atoms in total. The normalized spacial score (nSPS) is 23.3. The maximum Gasteiger partial charge on any atom is 0.335 e. The van der Waals surface area contributed by atoms with E-state index in [9.17, 15) is 9.59 Å². The summed E-state index contributed by atoms with van der Waals surface area (Å²) >= 11 is 0. The first-order valence-electron chi connectivity index (χ1n) is 8.21. The molecule has 0 bridgehead atoms. The van der Waals surface area contributed by atoms with Crippen LogP contribution in [-0.2, 0) is 17.8 Å². The number of aromatic carboxylic acids is 1. The zero-order chi connectivity index (χ0) is 16.8. The molecule has 0 spiro atoms. The summed E-state index contributed by atoms with van der Waals surface area (Å²) in [5, 5.41) is 8.93. The van der Waals surface area contributed by atoms with Gasteiger partial charge in [-0.2, -0.15) is 0 Å². The molecule has 2 aromatic carbocycles. The standard InChI is InChI=1S/C20H19NO3/c1-21(11-12-6-8-13(9-7-12)20(23)24)19(22)18-16-10-14-4-2-3-5-15(14)17(16)18/h2-9,16-18H,10-11H2,1H3,(H,23,24). The Kier molecular flexibility index (Phi) is 3.41. The Bertz CT molecular complexity index is 812. The van der Waals surface area contributed by atoms with Crippen molar-refractivity contribution in [3.8, 4) is 0 Å². The number of hydrogen-bond donors (Lipinski definition) is 1. The number of nitrogens with zero attached hydrogens (tertiary/aromatic N) is 1. The first-order chi connectivity index (χ1) is 11.6. The molecule has 0 radical (unpaired) electrons. The van der Waals surface area contributed by atoms with Gasteiger partial charge in [-0.1, -0.05) is 36.4 Å². The summed E-state index contributed by atoms with van der Waals surface area (Å²) in [6.07, 6.45) is 1.01. The predicted octanol–water partition coefficient (Wildman–Crippen LogP) is 2.93. The quantitative estimate of drug-likeness (QED) is 0.942. The summed E-state index contributed by atoms with van der Waals surface area (Å²) < 4.78 is 0. The van der Waals surface area contributed by atoms with Crippen molar-refractivity contribution in [1.29, 1.82) is 0 Å². The Hall–Kier alpha value is -2.62. The van der Waals surface area contributed by atoms with Crippen molar-refractivity contribution in [2.45, 2.75) is 18.9 Å². The third-order valence-corrected chi connectivity index (χ3v) is 5.32. The van der Waals surface area contributed by atoms with E-state index in [1.807, 2.05) is 7.05 Å². The Labute approximate surface area is 140 Å². The molecule has 1 amide bonds. The monoisotopic (exact) mass is 321 g/mol. The minimum atomic E-state index is -0.935. The van der Waals surface area contributed by atoms with Gasteiger partial charge in [-0.15, -0.1) is 0 Å². The van der Waals surface area contributed by atoms with E-state index in [1.54, 1.807) is 29.2 Å². The summed E-state index contributed by atoms with van der Waals surface area (Å²) in [4.78, 5) is 25.4. The molecule has 4 rings (SSSR count). The van der Waals surface area contributed by atoms with E-state index in [2.05, 4.69) is 24.3 Å². The number of rotatable bonds is 4. The number of fused-ring (bicyclic) bond motifs is 3. The minimum absolute atomic E-state index is 0.114. The van der Waals surface area contributed by atoms with Gasteiger partial charge in [0.2, 0.25) is 5.91 Å². The van der Waals surface area contributed by atoms with E-state index in [0.29, 0.717) is 18.4 Å². The highest BCUT2D eigenvalue weighted by Gasteiger charge is 2.59. The third-order valence-electron chi connectivity index (χ3n) is 5.32. The molecule has 1 fully saturated rings.